The van der Waals surface area contributed by atoms with Crippen LogP contribution in [0.25, 0.3) is 0 Å². The molecule has 6 nitrogen and oxygen atoms in total. The van der Waals surface area contributed by atoms with Gasteiger partial charge in [-0.25, -0.2) is 4.98 Å². The van der Waals surface area contributed by atoms with Crippen LogP contribution in [0.3, 0.4) is 0 Å². The first-order chi connectivity index (χ1) is 15.2. The van der Waals surface area contributed by atoms with Crippen LogP contribution in [0.4, 0.5) is 24.9 Å². The maximum Gasteiger partial charge on any atom is 0.416 e. The van der Waals surface area contributed by atoms with Gasteiger partial charge < -0.3 is 15.1 Å². The Morgan fingerprint density at radius 1 is 1.22 bits per heavy atom. The number of hydrogen-bond acceptors (Lipinski definition) is 5. The third kappa shape index (κ3) is 5.89. The molecule has 1 aliphatic heterocycles. The van der Waals surface area contributed by atoms with Crippen molar-refractivity contribution in [2.24, 2.45) is 5.92 Å². The number of carbonyl (C=O) groups excluding carboxylic acids is 1. The van der Waals surface area contributed by atoms with Crippen molar-refractivity contribution < 1.29 is 18.0 Å². The Hall–Kier alpha value is -2.84. The van der Waals surface area contributed by atoms with Crippen LogP contribution in [0.2, 0.25) is 0 Å². The molecular weight excluding hydrogens is 419 g/mol. The molecule has 0 radical (unpaired) electrons. The SMILES string of the molecule is CCN(CC)C(=O)C1CCCN(c2nc(C)cc(NCc3cccc(C(F)(F)F)c3)n2)C1. The summed E-state index contributed by atoms with van der Waals surface area (Å²) in [4.78, 5) is 25.8. The third-order valence-corrected chi connectivity index (χ3v) is 5.70. The van der Waals surface area contributed by atoms with E-state index >= 15 is 0 Å². The maximum atomic E-state index is 13.0. The Balaban J connectivity index is 1.71. The molecule has 1 N–H and O–H groups in total. The zero-order valence-corrected chi connectivity index (χ0v) is 18.7. The second-order valence-electron chi connectivity index (χ2n) is 8.04. The molecule has 0 bridgehead atoms. The molecule has 9 heteroatoms. The lowest BCUT2D eigenvalue weighted by Crippen LogP contribution is -2.45. The fraction of sp³-hybridized carbons (Fsp3) is 0.522. The first-order valence-corrected chi connectivity index (χ1v) is 11.0. The first-order valence-electron chi connectivity index (χ1n) is 11.0. The Kier molecular flexibility index (Phi) is 7.58. The van der Waals surface area contributed by atoms with Gasteiger partial charge in [0, 0.05) is 44.5 Å². The highest BCUT2D eigenvalue weighted by atomic mass is 19.4. The van der Waals surface area contributed by atoms with Crippen molar-refractivity contribution in [1.29, 1.82) is 0 Å². The summed E-state index contributed by atoms with van der Waals surface area (Å²) >= 11 is 0. The number of nitrogens with zero attached hydrogens (tertiary/aromatic N) is 4. The highest BCUT2D eigenvalue weighted by molar-refractivity contribution is 5.79. The molecule has 174 valence electrons. The molecule has 1 aliphatic rings. The fourth-order valence-electron chi connectivity index (χ4n) is 3.99. The molecule has 1 aromatic carbocycles. The van der Waals surface area contributed by atoms with E-state index < -0.39 is 11.7 Å². The molecule has 1 unspecified atom stereocenters. The molecule has 1 aromatic heterocycles. The van der Waals surface area contributed by atoms with Crippen LogP contribution in [0, 0.1) is 12.8 Å². The van der Waals surface area contributed by atoms with Gasteiger partial charge in [-0.3, -0.25) is 4.79 Å². The normalized spacial score (nSPS) is 16.7. The van der Waals surface area contributed by atoms with Gasteiger partial charge in [0.15, 0.2) is 0 Å². The Morgan fingerprint density at radius 2 is 1.97 bits per heavy atom. The highest BCUT2D eigenvalue weighted by Gasteiger charge is 2.31. The van der Waals surface area contributed by atoms with Gasteiger partial charge in [-0.2, -0.15) is 18.2 Å². The van der Waals surface area contributed by atoms with Gasteiger partial charge in [-0.15, -0.1) is 0 Å². The van der Waals surface area contributed by atoms with Crippen LogP contribution < -0.4 is 10.2 Å². The van der Waals surface area contributed by atoms with Gasteiger partial charge in [0.25, 0.3) is 0 Å². The average molecular weight is 450 g/mol. The number of amides is 1. The van der Waals surface area contributed by atoms with Gasteiger partial charge in [0.1, 0.15) is 5.82 Å². The van der Waals surface area contributed by atoms with E-state index in [0.29, 0.717) is 37.0 Å². The van der Waals surface area contributed by atoms with Gasteiger partial charge in [-0.05, 0) is 51.3 Å². The number of piperidine rings is 1. The molecule has 1 atom stereocenters. The van der Waals surface area contributed by atoms with E-state index in [1.54, 1.807) is 12.1 Å². The monoisotopic (exact) mass is 449 g/mol. The molecular formula is C23H30F3N5O. The average Bonchev–Trinajstić information content (AvgIpc) is 2.78. The number of halogens is 3. The predicted molar refractivity (Wildman–Crippen MR) is 118 cm³/mol. The maximum absolute atomic E-state index is 13.0. The number of hydrogen-bond donors (Lipinski definition) is 1. The lowest BCUT2D eigenvalue weighted by molar-refractivity contribution is -0.137. The van der Waals surface area contributed by atoms with E-state index in [-0.39, 0.29) is 18.4 Å². The molecule has 0 saturated carbocycles. The van der Waals surface area contributed by atoms with Crippen LogP contribution in [-0.2, 0) is 17.5 Å². The number of carbonyl (C=O) groups is 1. The summed E-state index contributed by atoms with van der Waals surface area (Å²) < 4.78 is 38.9. The molecule has 32 heavy (non-hydrogen) atoms. The Morgan fingerprint density at radius 3 is 2.66 bits per heavy atom. The topological polar surface area (TPSA) is 61.4 Å². The number of aryl methyl sites for hydroxylation is 1. The second-order valence-corrected chi connectivity index (χ2v) is 8.04. The van der Waals surface area contributed by atoms with Crippen molar-refractivity contribution in [3.63, 3.8) is 0 Å². The summed E-state index contributed by atoms with van der Waals surface area (Å²) in [6.07, 6.45) is -2.65. The number of anilines is 2. The third-order valence-electron chi connectivity index (χ3n) is 5.70. The van der Waals surface area contributed by atoms with Crippen molar-refractivity contribution in [2.75, 3.05) is 36.4 Å². The largest absolute Gasteiger partial charge is 0.416 e. The van der Waals surface area contributed by atoms with E-state index in [1.807, 2.05) is 30.6 Å². The molecule has 1 fully saturated rings. The van der Waals surface area contributed by atoms with Crippen LogP contribution >= 0.6 is 0 Å². The minimum absolute atomic E-state index is 0.0886. The summed E-state index contributed by atoms with van der Waals surface area (Å²) in [7, 11) is 0. The van der Waals surface area contributed by atoms with Crippen LogP contribution in [0.15, 0.2) is 30.3 Å². The minimum atomic E-state index is -4.37. The smallest absolute Gasteiger partial charge is 0.366 e. The lowest BCUT2D eigenvalue weighted by Gasteiger charge is -2.34. The Bertz CT molecular complexity index is 930. The standard InChI is InChI=1S/C23H30F3N5O/c1-4-30(5-2)21(32)18-9-7-11-31(15-18)22-28-16(3)12-20(29-22)27-14-17-8-6-10-19(13-17)23(24,25)26/h6,8,10,12-13,18H,4-5,7,9,11,14-15H2,1-3H3,(H,27,28,29). The van der Waals surface area contributed by atoms with Crippen LogP contribution in [0.1, 0.15) is 43.5 Å². The zero-order valence-electron chi connectivity index (χ0n) is 18.7. The molecule has 2 aromatic rings. The molecule has 1 amide bonds. The zero-order chi connectivity index (χ0) is 23.3. The molecule has 2 heterocycles. The quantitative estimate of drug-likeness (QED) is 0.674. The van der Waals surface area contributed by atoms with Crippen molar-refractivity contribution in [3.8, 4) is 0 Å². The number of rotatable bonds is 7. The molecule has 0 aliphatic carbocycles. The predicted octanol–water partition coefficient (Wildman–Crippen LogP) is 4.50. The number of aromatic nitrogens is 2. The van der Waals surface area contributed by atoms with E-state index in [2.05, 4.69) is 15.3 Å². The minimum Gasteiger partial charge on any atom is -0.366 e. The van der Waals surface area contributed by atoms with Crippen LogP contribution in [-0.4, -0.2) is 47.0 Å². The number of nitrogens with one attached hydrogen (secondary N) is 1. The first kappa shape index (κ1) is 23.8. The van der Waals surface area contributed by atoms with Crippen molar-refractivity contribution in [1.82, 2.24) is 14.9 Å². The second kappa shape index (κ2) is 10.2. The lowest BCUT2D eigenvalue weighted by atomic mass is 9.96. The van der Waals surface area contributed by atoms with Gasteiger partial charge >= 0.3 is 6.18 Å². The molecule has 3 rings (SSSR count). The van der Waals surface area contributed by atoms with Gasteiger partial charge in [0.05, 0.1) is 11.5 Å². The summed E-state index contributed by atoms with van der Waals surface area (Å²) in [5, 5.41) is 3.11. The summed E-state index contributed by atoms with van der Waals surface area (Å²) in [6, 6.07) is 7.00. The van der Waals surface area contributed by atoms with E-state index in [4.69, 9.17) is 0 Å². The van der Waals surface area contributed by atoms with Crippen molar-refractivity contribution >= 4 is 17.7 Å². The summed E-state index contributed by atoms with van der Waals surface area (Å²) in [6.45, 7) is 8.73. The van der Waals surface area contributed by atoms with Crippen molar-refractivity contribution in [2.45, 2.75) is 46.3 Å². The number of benzene rings is 1. The van der Waals surface area contributed by atoms with E-state index in [9.17, 15) is 18.0 Å². The fourth-order valence-corrected chi connectivity index (χ4v) is 3.99. The van der Waals surface area contributed by atoms with Crippen molar-refractivity contribution in [3.05, 3.63) is 47.2 Å². The summed E-state index contributed by atoms with van der Waals surface area (Å²) in [5.74, 6) is 1.15. The molecule has 0 spiro atoms. The van der Waals surface area contributed by atoms with Gasteiger partial charge in [-0.1, -0.05) is 12.1 Å². The van der Waals surface area contributed by atoms with E-state index in [1.165, 1.54) is 6.07 Å². The number of alkyl halides is 3. The Labute approximate surface area is 186 Å². The van der Waals surface area contributed by atoms with Crippen LogP contribution in [0.5, 0.6) is 0 Å². The highest BCUT2D eigenvalue weighted by Crippen LogP contribution is 2.30. The summed E-state index contributed by atoms with van der Waals surface area (Å²) in [5.41, 5.74) is 0.591. The van der Waals surface area contributed by atoms with Gasteiger partial charge in [0.2, 0.25) is 11.9 Å². The van der Waals surface area contributed by atoms with E-state index in [0.717, 1.165) is 37.2 Å². The molecule has 1 saturated heterocycles.